The van der Waals surface area contributed by atoms with Crippen LogP contribution in [-0.4, -0.2) is 53.6 Å². The molecule has 0 aliphatic rings. The number of carbonyl (C=O) groups is 2. The van der Waals surface area contributed by atoms with Crippen LogP contribution in [0, 0.1) is 24.0 Å². The van der Waals surface area contributed by atoms with E-state index in [1.807, 2.05) is 0 Å². The summed E-state index contributed by atoms with van der Waals surface area (Å²) in [6, 6.07) is 2.73. The van der Waals surface area contributed by atoms with Gasteiger partial charge in [0, 0.05) is 30.8 Å². The maximum absolute atomic E-state index is 12.5. The molecule has 1 N–H and O–H groups in total. The molecule has 1 rings (SSSR count). The number of benzene rings is 1. The number of ether oxygens (including phenoxy) is 1. The summed E-state index contributed by atoms with van der Waals surface area (Å²) in [6.07, 6.45) is 0. The fourth-order valence-electron chi connectivity index (χ4n) is 2.06. The van der Waals surface area contributed by atoms with Gasteiger partial charge in [0.2, 0.25) is 0 Å². The van der Waals surface area contributed by atoms with Gasteiger partial charge in [-0.25, -0.2) is 0 Å². The van der Waals surface area contributed by atoms with Gasteiger partial charge in [0.15, 0.2) is 0 Å². The molecular formula is C14H18N2O6. The van der Waals surface area contributed by atoms with E-state index in [-0.39, 0.29) is 24.4 Å². The van der Waals surface area contributed by atoms with E-state index in [1.165, 1.54) is 13.2 Å². The smallest absolute Gasteiger partial charge is 0.323 e. The Kier molecular flexibility index (Phi) is 6.00. The van der Waals surface area contributed by atoms with Crippen molar-refractivity contribution in [3.05, 3.63) is 38.9 Å². The molecule has 1 aromatic rings. The lowest BCUT2D eigenvalue weighted by atomic mass is 10.0. The van der Waals surface area contributed by atoms with E-state index in [0.717, 1.165) is 4.90 Å². The van der Waals surface area contributed by atoms with E-state index in [9.17, 15) is 19.7 Å². The van der Waals surface area contributed by atoms with Crippen LogP contribution in [0.1, 0.15) is 21.5 Å². The van der Waals surface area contributed by atoms with Crippen molar-refractivity contribution in [3.63, 3.8) is 0 Å². The number of amides is 1. The Morgan fingerprint density at radius 2 is 1.95 bits per heavy atom. The number of hydrogen-bond acceptors (Lipinski definition) is 5. The van der Waals surface area contributed by atoms with Gasteiger partial charge in [-0.15, -0.1) is 0 Å². The summed E-state index contributed by atoms with van der Waals surface area (Å²) < 4.78 is 4.86. The van der Waals surface area contributed by atoms with Crippen molar-refractivity contribution in [1.82, 2.24) is 4.90 Å². The van der Waals surface area contributed by atoms with Crippen molar-refractivity contribution in [2.24, 2.45) is 0 Å². The minimum absolute atomic E-state index is 0.0861. The van der Waals surface area contributed by atoms with Crippen LogP contribution in [0.4, 0.5) is 5.69 Å². The summed E-state index contributed by atoms with van der Waals surface area (Å²) in [6.45, 7) is 3.00. The predicted molar refractivity (Wildman–Crippen MR) is 78.0 cm³/mol. The number of rotatable bonds is 7. The Hall–Kier alpha value is -2.48. The molecule has 0 spiro atoms. The van der Waals surface area contributed by atoms with E-state index in [0.29, 0.717) is 11.1 Å². The maximum atomic E-state index is 12.5. The second-order valence-corrected chi connectivity index (χ2v) is 4.82. The summed E-state index contributed by atoms with van der Waals surface area (Å²) in [4.78, 5) is 34.9. The average molecular weight is 310 g/mol. The lowest BCUT2D eigenvalue weighted by Gasteiger charge is -2.21. The number of methoxy groups -OCH3 is 1. The Balaban J connectivity index is 3.19. The normalized spacial score (nSPS) is 10.3. The SMILES string of the molecule is COCCN(CC(=O)O)C(=O)c1cc([N+](=O)[O-])c(C)cc1C. The molecule has 120 valence electrons. The molecule has 0 bridgehead atoms. The highest BCUT2D eigenvalue weighted by atomic mass is 16.6. The first kappa shape index (κ1) is 17.6. The lowest BCUT2D eigenvalue weighted by molar-refractivity contribution is -0.385. The molecule has 0 atom stereocenters. The summed E-state index contributed by atoms with van der Waals surface area (Å²) in [5, 5.41) is 19.9. The van der Waals surface area contributed by atoms with Gasteiger partial charge in [0.25, 0.3) is 11.6 Å². The number of nitro benzene ring substituents is 1. The topological polar surface area (TPSA) is 110 Å². The van der Waals surface area contributed by atoms with Crippen molar-refractivity contribution < 1.29 is 24.4 Å². The van der Waals surface area contributed by atoms with Gasteiger partial charge in [-0.3, -0.25) is 19.7 Å². The molecule has 0 aliphatic heterocycles. The van der Waals surface area contributed by atoms with Crippen LogP contribution in [0.25, 0.3) is 0 Å². The molecule has 0 radical (unpaired) electrons. The Bertz CT molecular complexity index is 599. The van der Waals surface area contributed by atoms with E-state index >= 15 is 0 Å². The molecule has 8 heteroatoms. The van der Waals surface area contributed by atoms with Crippen molar-refractivity contribution in [2.75, 3.05) is 26.8 Å². The predicted octanol–water partition coefficient (Wildman–Crippen LogP) is 1.38. The van der Waals surface area contributed by atoms with Gasteiger partial charge >= 0.3 is 5.97 Å². The quantitative estimate of drug-likeness (QED) is 0.602. The van der Waals surface area contributed by atoms with Crippen molar-refractivity contribution in [3.8, 4) is 0 Å². The zero-order valence-corrected chi connectivity index (χ0v) is 12.7. The first-order chi connectivity index (χ1) is 10.3. The van der Waals surface area contributed by atoms with Gasteiger partial charge in [-0.2, -0.15) is 0 Å². The van der Waals surface area contributed by atoms with Crippen LogP contribution in [0.2, 0.25) is 0 Å². The number of carboxylic acids is 1. The summed E-state index contributed by atoms with van der Waals surface area (Å²) >= 11 is 0. The highest BCUT2D eigenvalue weighted by Crippen LogP contribution is 2.23. The number of hydrogen-bond donors (Lipinski definition) is 1. The molecule has 0 fully saturated rings. The fourth-order valence-corrected chi connectivity index (χ4v) is 2.06. The second-order valence-electron chi connectivity index (χ2n) is 4.82. The minimum atomic E-state index is -1.16. The first-order valence-corrected chi connectivity index (χ1v) is 6.53. The molecule has 8 nitrogen and oxygen atoms in total. The van der Waals surface area contributed by atoms with E-state index in [4.69, 9.17) is 9.84 Å². The van der Waals surface area contributed by atoms with Crippen LogP contribution in [0.15, 0.2) is 12.1 Å². The Morgan fingerprint density at radius 3 is 2.45 bits per heavy atom. The van der Waals surface area contributed by atoms with Gasteiger partial charge in [-0.05, 0) is 25.5 Å². The van der Waals surface area contributed by atoms with Crippen molar-refractivity contribution >= 4 is 17.6 Å². The molecule has 0 aliphatic carbocycles. The van der Waals surface area contributed by atoms with Crippen molar-refractivity contribution in [2.45, 2.75) is 13.8 Å². The summed E-state index contributed by atoms with van der Waals surface area (Å²) in [5.41, 5.74) is 0.951. The zero-order valence-electron chi connectivity index (χ0n) is 12.7. The Labute approximate surface area is 127 Å². The number of aryl methyl sites for hydroxylation is 2. The van der Waals surface area contributed by atoms with Gasteiger partial charge in [-0.1, -0.05) is 0 Å². The number of carbonyl (C=O) groups excluding carboxylic acids is 1. The van der Waals surface area contributed by atoms with Crippen LogP contribution in [0.5, 0.6) is 0 Å². The molecule has 22 heavy (non-hydrogen) atoms. The number of carboxylic acid groups (broad SMARTS) is 1. The molecule has 0 saturated heterocycles. The third kappa shape index (κ3) is 4.26. The van der Waals surface area contributed by atoms with Gasteiger partial charge in [0.05, 0.1) is 11.5 Å². The molecule has 1 amide bonds. The molecule has 0 saturated carbocycles. The summed E-state index contributed by atoms with van der Waals surface area (Å²) in [5.74, 6) is -1.73. The minimum Gasteiger partial charge on any atom is -0.480 e. The third-order valence-corrected chi connectivity index (χ3v) is 3.15. The number of nitrogens with zero attached hydrogens (tertiary/aromatic N) is 2. The molecule has 0 heterocycles. The van der Waals surface area contributed by atoms with Crippen LogP contribution in [-0.2, 0) is 9.53 Å². The molecule has 1 aromatic carbocycles. The van der Waals surface area contributed by atoms with E-state index < -0.39 is 23.3 Å². The lowest BCUT2D eigenvalue weighted by Crippen LogP contribution is -2.38. The molecular weight excluding hydrogens is 292 g/mol. The Morgan fingerprint density at radius 1 is 1.32 bits per heavy atom. The first-order valence-electron chi connectivity index (χ1n) is 6.53. The highest BCUT2D eigenvalue weighted by molar-refractivity contribution is 5.97. The highest BCUT2D eigenvalue weighted by Gasteiger charge is 2.23. The fraction of sp³-hybridized carbons (Fsp3) is 0.429. The monoisotopic (exact) mass is 310 g/mol. The number of aliphatic carboxylic acids is 1. The molecule has 0 unspecified atom stereocenters. The summed E-state index contributed by atoms with van der Waals surface area (Å²) in [7, 11) is 1.44. The number of nitro groups is 1. The van der Waals surface area contributed by atoms with E-state index in [1.54, 1.807) is 19.9 Å². The van der Waals surface area contributed by atoms with Crippen LogP contribution >= 0.6 is 0 Å². The van der Waals surface area contributed by atoms with Crippen LogP contribution < -0.4 is 0 Å². The van der Waals surface area contributed by atoms with E-state index in [2.05, 4.69) is 0 Å². The van der Waals surface area contributed by atoms with Crippen molar-refractivity contribution in [1.29, 1.82) is 0 Å². The van der Waals surface area contributed by atoms with Gasteiger partial charge in [0.1, 0.15) is 6.54 Å². The average Bonchev–Trinajstić information content (AvgIpc) is 2.42. The standard InChI is InChI=1S/C14H18N2O6/c1-9-6-10(2)12(16(20)21)7-11(9)14(19)15(4-5-22-3)8-13(17)18/h6-7H,4-5,8H2,1-3H3,(H,17,18). The largest absolute Gasteiger partial charge is 0.480 e. The second kappa shape index (κ2) is 7.51. The van der Waals surface area contributed by atoms with Gasteiger partial charge < -0.3 is 14.7 Å². The third-order valence-electron chi connectivity index (χ3n) is 3.15. The van der Waals surface area contributed by atoms with Crippen LogP contribution in [0.3, 0.4) is 0 Å². The molecule has 0 aromatic heterocycles. The zero-order chi connectivity index (χ0) is 16.9. The maximum Gasteiger partial charge on any atom is 0.323 e.